The molecule has 1 aromatic carbocycles. The second-order valence-electron chi connectivity index (χ2n) is 5.13. The van der Waals surface area contributed by atoms with Crippen LogP contribution < -0.4 is 10.1 Å². The number of hydrogen-bond acceptors (Lipinski definition) is 7. The molecule has 0 aliphatic rings. The highest BCUT2D eigenvalue weighted by Gasteiger charge is 2.19. The number of ether oxygens (including phenoxy) is 4. The molecule has 0 saturated heterocycles. The van der Waals surface area contributed by atoms with Crippen LogP contribution >= 0.6 is 11.6 Å². The van der Waals surface area contributed by atoms with Crippen LogP contribution in [0.5, 0.6) is 5.75 Å². The molecule has 1 rings (SSSR count). The number of benzene rings is 1. The van der Waals surface area contributed by atoms with Crippen molar-refractivity contribution in [2.75, 3.05) is 34.0 Å². The van der Waals surface area contributed by atoms with Gasteiger partial charge in [-0.1, -0.05) is 23.7 Å². The Hall–Kier alpha value is -2.09. The molecule has 8 heteroatoms. The maximum absolute atomic E-state index is 11.9. The van der Waals surface area contributed by atoms with Crippen LogP contribution in [-0.2, 0) is 23.8 Å². The van der Waals surface area contributed by atoms with Gasteiger partial charge in [-0.15, -0.1) is 0 Å². The minimum atomic E-state index is -0.611. The van der Waals surface area contributed by atoms with Crippen LogP contribution in [-0.4, -0.2) is 52.0 Å². The maximum Gasteiger partial charge on any atom is 0.334 e. The predicted octanol–water partition coefficient (Wildman–Crippen LogP) is 2.33. The number of nitrogens with one attached hydrogen (secondary N) is 1. The highest BCUT2D eigenvalue weighted by Crippen LogP contribution is 2.25. The highest BCUT2D eigenvalue weighted by atomic mass is 35.5. The van der Waals surface area contributed by atoms with Gasteiger partial charge < -0.3 is 18.9 Å². The molecule has 1 N–H and O–H groups in total. The van der Waals surface area contributed by atoms with Crippen LogP contribution in [0.2, 0.25) is 5.02 Å². The SMILES string of the molecule is CCOC(=O)C=C(CN[C@@H](CCOC)C(=O)OC)Oc1ccccc1Cl. The first-order chi connectivity index (χ1) is 12.5. The number of hydrogen-bond donors (Lipinski definition) is 1. The standard InChI is InChI=1S/C18H24ClNO6/c1-4-25-17(21)11-13(26-16-8-6-5-7-14(16)19)12-20-15(9-10-23-2)18(22)24-3/h5-8,11,15,20H,4,9-10,12H2,1-3H3/t15-/m0/s1. The molecule has 0 amide bonds. The predicted molar refractivity (Wildman–Crippen MR) is 97.1 cm³/mol. The van der Waals surface area contributed by atoms with Gasteiger partial charge in [-0.05, 0) is 25.5 Å². The van der Waals surface area contributed by atoms with Crippen LogP contribution in [0, 0.1) is 0 Å². The van der Waals surface area contributed by atoms with Gasteiger partial charge in [0.05, 0.1) is 31.4 Å². The van der Waals surface area contributed by atoms with Gasteiger partial charge in [0.1, 0.15) is 17.6 Å². The lowest BCUT2D eigenvalue weighted by atomic mass is 10.2. The molecule has 1 atom stereocenters. The molecule has 1 aromatic rings. The zero-order chi connectivity index (χ0) is 19.4. The van der Waals surface area contributed by atoms with E-state index in [0.717, 1.165) is 0 Å². The van der Waals surface area contributed by atoms with Crippen LogP contribution in [0.25, 0.3) is 0 Å². The summed E-state index contributed by atoms with van der Waals surface area (Å²) < 4.78 is 20.4. The molecule has 0 radical (unpaired) electrons. The molecule has 0 bridgehead atoms. The van der Waals surface area contributed by atoms with E-state index in [9.17, 15) is 9.59 Å². The number of methoxy groups -OCH3 is 2. The van der Waals surface area contributed by atoms with Crippen LogP contribution in [0.15, 0.2) is 36.1 Å². The average molecular weight is 386 g/mol. The second-order valence-corrected chi connectivity index (χ2v) is 5.54. The van der Waals surface area contributed by atoms with Crippen LogP contribution in [0.1, 0.15) is 13.3 Å². The summed E-state index contributed by atoms with van der Waals surface area (Å²) in [5.41, 5.74) is 0. The van der Waals surface area contributed by atoms with Crippen molar-refractivity contribution < 1.29 is 28.5 Å². The van der Waals surface area contributed by atoms with Gasteiger partial charge in [0.2, 0.25) is 0 Å². The first-order valence-corrected chi connectivity index (χ1v) is 8.49. The van der Waals surface area contributed by atoms with Gasteiger partial charge in [0, 0.05) is 13.7 Å². The number of carbonyl (C=O) groups is 2. The van der Waals surface area contributed by atoms with E-state index >= 15 is 0 Å². The molecule has 0 fully saturated rings. The van der Waals surface area contributed by atoms with Gasteiger partial charge in [0.15, 0.2) is 0 Å². The molecule has 0 heterocycles. The third kappa shape index (κ3) is 7.86. The van der Waals surface area contributed by atoms with Gasteiger partial charge >= 0.3 is 11.9 Å². The second kappa shape index (κ2) is 12.3. The Morgan fingerprint density at radius 3 is 2.62 bits per heavy atom. The molecule has 0 unspecified atom stereocenters. The average Bonchev–Trinajstić information content (AvgIpc) is 2.63. The normalized spacial score (nSPS) is 12.4. The topological polar surface area (TPSA) is 83.1 Å². The lowest BCUT2D eigenvalue weighted by molar-refractivity contribution is -0.143. The van der Waals surface area contributed by atoms with E-state index in [-0.39, 0.29) is 18.9 Å². The minimum Gasteiger partial charge on any atom is -0.468 e. The van der Waals surface area contributed by atoms with Crippen LogP contribution in [0.4, 0.5) is 0 Å². The number of para-hydroxylation sites is 1. The zero-order valence-corrected chi connectivity index (χ0v) is 15.9. The maximum atomic E-state index is 11.9. The van der Waals surface area contributed by atoms with E-state index in [0.29, 0.717) is 23.8 Å². The van der Waals surface area contributed by atoms with E-state index in [1.165, 1.54) is 13.2 Å². The van der Waals surface area contributed by atoms with Gasteiger partial charge in [-0.25, -0.2) is 4.79 Å². The molecule has 0 aliphatic carbocycles. The first kappa shape index (κ1) is 22.0. The summed E-state index contributed by atoms with van der Waals surface area (Å²) in [6, 6.07) is 6.25. The summed E-state index contributed by atoms with van der Waals surface area (Å²) in [5, 5.41) is 3.39. The van der Waals surface area contributed by atoms with E-state index < -0.39 is 18.0 Å². The van der Waals surface area contributed by atoms with E-state index in [4.69, 9.17) is 30.5 Å². The summed E-state index contributed by atoms with van der Waals surface area (Å²) in [6.07, 6.45) is 1.62. The van der Waals surface area contributed by atoms with Crippen molar-refractivity contribution in [1.82, 2.24) is 5.32 Å². The van der Waals surface area contributed by atoms with E-state index in [1.54, 1.807) is 38.3 Å². The van der Waals surface area contributed by atoms with Crippen LogP contribution in [0.3, 0.4) is 0 Å². The molecule has 0 spiro atoms. The fraction of sp³-hybridized carbons (Fsp3) is 0.444. The Labute approximate surface area is 158 Å². The zero-order valence-electron chi connectivity index (χ0n) is 15.1. The number of halogens is 1. The third-order valence-electron chi connectivity index (χ3n) is 3.26. The summed E-state index contributed by atoms with van der Waals surface area (Å²) in [4.78, 5) is 23.6. The van der Waals surface area contributed by atoms with Crippen molar-refractivity contribution >= 4 is 23.5 Å². The molecule has 0 saturated carbocycles. The van der Waals surface area contributed by atoms with Crippen molar-refractivity contribution in [2.24, 2.45) is 0 Å². The minimum absolute atomic E-state index is 0.0908. The van der Waals surface area contributed by atoms with Crippen molar-refractivity contribution in [2.45, 2.75) is 19.4 Å². The van der Waals surface area contributed by atoms with Crippen molar-refractivity contribution in [3.05, 3.63) is 41.1 Å². The Morgan fingerprint density at radius 1 is 1.27 bits per heavy atom. The monoisotopic (exact) mass is 385 g/mol. The summed E-state index contributed by atoms with van der Waals surface area (Å²) in [5.74, 6) is -0.348. The molecular formula is C18H24ClNO6. The molecule has 144 valence electrons. The van der Waals surface area contributed by atoms with Gasteiger partial charge in [0.25, 0.3) is 0 Å². The Kier molecular flexibility index (Phi) is 10.4. The fourth-order valence-corrected chi connectivity index (χ4v) is 2.18. The lowest BCUT2D eigenvalue weighted by Crippen LogP contribution is -2.40. The fourth-order valence-electron chi connectivity index (χ4n) is 2.01. The Balaban J connectivity index is 2.88. The third-order valence-corrected chi connectivity index (χ3v) is 3.57. The van der Waals surface area contributed by atoms with Crippen molar-refractivity contribution in [1.29, 1.82) is 0 Å². The smallest absolute Gasteiger partial charge is 0.334 e. The number of rotatable bonds is 11. The van der Waals surface area contributed by atoms with Crippen molar-refractivity contribution in [3.8, 4) is 5.75 Å². The van der Waals surface area contributed by atoms with Gasteiger partial charge in [-0.3, -0.25) is 10.1 Å². The van der Waals surface area contributed by atoms with E-state index in [2.05, 4.69) is 5.32 Å². The number of esters is 2. The van der Waals surface area contributed by atoms with E-state index in [1.807, 2.05) is 0 Å². The molecule has 7 nitrogen and oxygen atoms in total. The highest BCUT2D eigenvalue weighted by molar-refractivity contribution is 6.32. The lowest BCUT2D eigenvalue weighted by Gasteiger charge is -2.18. The molecule has 0 aromatic heterocycles. The quantitative estimate of drug-likeness (QED) is 0.355. The molecular weight excluding hydrogens is 362 g/mol. The van der Waals surface area contributed by atoms with Crippen molar-refractivity contribution in [3.63, 3.8) is 0 Å². The summed E-state index contributed by atoms with van der Waals surface area (Å²) in [7, 11) is 2.85. The summed E-state index contributed by atoms with van der Waals surface area (Å²) >= 11 is 6.09. The van der Waals surface area contributed by atoms with Gasteiger partial charge in [-0.2, -0.15) is 0 Å². The largest absolute Gasteiger partial charge is 0.468 e. The Morgan fingerprint density at radius 2 is 2.00 bits per heavy atom. The summed E-state index contributed by atoms with van der Waals surface area (Å²) in [6.45, 7) is 2.40. The molecule has 0 aliphatic heterocycles. The Bertz CT molecular complexity index is 619. The number of carbonyl (C=O) groups excluding carboxylic acids is 2. The first-order valence-electron chi connectivity index (χ1n) is 8.11. The molecule has 26 heavy (non-hydrogen) atoms.